The third-order valence-electron chi connectivity index (χ3n) is 4.73. The zero-order valence-electron chi connectivity index (χ0n) is 18.5. The van der Waals surface area contributed by atoms with Crippen LogP contribution in [0.5, 0.6) is 0 Å². The second-order valence-electron chi connectivity index (χ2n) is 7.89. The molecule has 2 aromatic heterocycles. The van der Waals surface area contributed by atoms with Crippen molar-refractivity contribution in [1.82, 2.24) is 15.3 Å². The molecule has 1 aromatic carbocycles. The number of rotatable bonds is 8. The van der Waals surface area contributed by atoms with E-state index in [2.05, 4.69) is 20.6 Å². The van der Waals surface area contributed by atoms with E-state index in [4.69, 9.17) is 16.3 Å². The lowest BCUT2D eigenvalue weighted by Crippen LogP contribution is -2.32. The first-order valence-corrected chi connectivity index (χ1v) is 10.7. The molecule has 3 aromatic rings. The number of aromatic nitrogens is 2. The highest BCUT2D eigenvalue weighted by atomic mass is 35.5. The number of H-pyrrole nitrogens is 1. The topological polar surface area (TPSA) is 96.1 Å². The van der Waals surface area contributed by atoms with E-state index >= 15 is 0 Å². The smallest absolute Gasteiger partial charge is 0.302 e. The summed E-state index contributed by atoms with van der Waals surface area (Å²) in [7, 11) is 0. The third-order valence-corrected chi connectivity index (χ3v) is 5.03. The van der Waals surface area contributed by atoms with Crippen molar-refractivity contribution in [2.45, 2.75) is 39.8 Å². The highest BCUT2D eigenvalue weighted by Crippen LogP contribution is 2.30. The lowest BCUT2D eigenvalue weighted by Gasteiger charge is -2.19. The summed E-state index contributed by atoms with van der Waals surface area (Å²) in [5.41, 5.74) is 3.79. The fourth-order valence-electron chi connectivity index (χ4n) is 3.26. The van der Waals surface area contributed by atoms with Crippen LogP contribution < -0.4 is 10.6 Å². The van der Waals surface area contributed by atoms with Gasteiger partial charge in [0.15, 0.2) is 0 Å². The Morgan fingerprint density at radius 1 is 1.22 bits per heavy atom. The molecular formula is C24H27ClN4O3. The molecule has 0 fully saturated rings. The van der Waals surface area contributed by atoms with E-state index in [1.54, 1.807) is 18.5 Å². The lowest BCUT2D eigenvalue weighted by atomic mass is 10.0. The molecule has 0 aliphatic heterocycles. The Bertz CT molecular complexity index is 1110. The van der Waals surface area contributed by atoms with E-state index in [1.807, 2.05) is 51.1 Å². The molecule has 0 radical (unpaired) electrons. The van der Waals surface area contributed by atoms with E-state index in [0.717, 1.165) is 22.3 Å². The van der Waals surface area contributed by atoms with Crippen LogP contribution in [-0.4, -0.2) is 34.5 Å². The number of carbonyl (C=O) groups excluding carboxylic acids is 2. The molecule has 0 spiro atoms. The Morgan fingerprint density at radius 3 is 2.69 bits per heavy atom. The summed E-state index contributed by atoms with van der Waals surface area (Å²) in [4.78, 5) is 31.6. The van der Waals surface area contributed by atoms with Gasteiger partial charge >= 0.3 is 5.97 Å². The van der Waals surface area contributed by atoms with Gasteiger partial charge in [0.05, 0.1) is 11.1 Å². The van der Waals surface area contributed by atoms with Crippen molar-refractivity contribution in [1.29, 1.82) is 0 Å². The first-order valence-electron chi connectivity index (χ1n) is 10.3. The van der Waals surface area contributed by atoms with Crippen molar-refractivity contribution in [3.05, 3.63) is 70.6 Å². The summed E-state index contributed by atoms with van der Waals surface area (Å²) in [6, 6.07) is 11.0. The van der Waals surface area contributed by atoms with Crippen LogP contribution in [0.2, 0.25) is 5.02 Å². The van der Waals surface area contributed by atoms with Crippen molar-refractivity contribution >= 4 is 29.3 Å². The molecule has 32 heavy (non-hydrogen) atoms. The molecule has 1 atom stereocenters. The number of anilines is 1. The number of esters is 1. The molecule has 2 heterocycles. The molecule has 8 heteroatoms. The monoisotopic (exact) mass is 454 g/mol. The molecule has 0 saturated heterocycles. The number of benzene rings is 1. The maximum absolute atomic E-state index is 13.0. The van der Waals surface area contributed by atoms with Gasteiger partial charge in [-0.25, -0.2) is 4.98 Å². The normalized spacial score (nSPS) is 11.8. The SMILES string of the molecule is CC(=O)OC[C@@H](NC(=O)c1cc(-c2cc(NC(C)C)ncc2Cl)c[nH]1)c1cccc(C)c1. The van der Waals surface area contributed by atoms with Crippen LogP contribution >= 0.6 is 11.6 Å². The van der Waals surface area contributed by atoms with Gasteiger partial charge in [-0.15, -0.1) is 0 Å². The van der Waals surface area contributed by atoms with Crippen LogP contribution in [0.15, 0.2) is 48.8 Å². The van der Waals surface area contributed by atoms with Crippen molar-refractivity contribution in [3.8, 4) is 11.1 Å². The van der Waals surface area contributed by atoms with Crippen molar-refractivity contribution in [2.24, 2.45) is 0 Å². The molecular weight excluding hydrogens is 428 g/mol. The summed E-state index contributed by atoms with van der Waals surface area (Å²) in [5.74, 6) is -0.0229. The number of halogens is 1. The lowest BCUT2D eigenvalue weighted by molar-refractivity contribution is -0.141. The van der Waals surface area contributed by atoms with Crippen molar-refractivity contribution in [3.63, 3.8) is 0 Å². The van der Waals surface area contributed by atoms with Gasteiger partial charge in [0.1, 0.15) is 18.1 Å². The van der Waals surface area contributed by atoms with Crippen LogP contribution in [-0.2, 0) is 9.53 Å². The fourth-order valence-corrected chi connectivity index (χ4v) is 3.47. The van der Waals surface area contributed by atoms with Crippen LogP contribution in [0.25, 0.3) is 11.1 Å². The minimum Gasteiger partial charge on any atom is -0.463 e. The van der Waals surface area contributed by atoms with Gasteiger partial charge in [-0.05, 0) is 38.5 Å². The number of carbonyl (C=O) groups is 2. The van der Waals surface area contributed by atoms with Gasteiger partial charge in [-0.1, -0.05) is 41.4 Å². The average Bonchev–Trinajstić information content (AvgIpc) is 3.22. The van der Waals surface area contributed by atoms with Crippen molar-refractivity contribution < 1.29 is 14.3 Å². The van der Waals surface area contributed by atoms with Crippen LogP contribution in [0.3, 0.4) is 0 Å². The molecule has 3 rings (SSSR count). The zero-order chi connectivity index (χ0) is 23.3. The second kappa shape index (κ2) is 10.3. The quantitative estimate of drug-likeness (QED) is 0.421. The van der Waals surface area contributed by atoms with Gasteiger partial charge in [0, 0.05) is 36.5 Å². The zero-order valence-corrected chi connectivity index (χ0v) is 19.3. The number of pyridine rings is 1. The highest BCUT2D eigenvalue weighted by molar-refractivity contribution is 6.33. The summed E-state index contributed by atoms with van der Waals surface area (Å²) in [6.45, 7) is 7.39. The first kappa shape index (κ1) is 23.3. The molecule has 0 saturated carbocycles. The minimum atomic E-state index is -0.482. The number of amides is 1. The second-order valence-corrected chi connectivity index (χ2v) is 8.30. The van der Waals surface area contributed by atoms with Crippen LogP contribution in [0.4, 0.5) is 5.82 Å². The van der Waals surface area contributed by atoms with E-state index in [1.165, 1.54) is 6.92 Å². The predicted octanol–water partition coefficient (Wildman–Crippen LogP) is 4.89. The van der Waals surface area contributed by atoms with Gasteiger partial charge < -0.3 is 20.4 Å². The minimum absolute atomic E-state index is 0.0402. The Balaban J connectivity index is 1.81. The number of nitrogens with zero attached hydrogens (tertiary/aromatic N) is 1. The Kier molecular flexibility index (Phi) is 7.53. The van der Waals surface area contributed by atoms with Gasteiger partial charge in [-0.3, -0.25) is 9.59 Å². The number of ether oxygens (including phenoxy) is 1. The molecule has 0 aliphatic carbocycles. The van der Waals surface area contributed by atoms with E-state index in [9.17, 15) is 9.59 Å². The van der Waals surface area contributed by atoms with E-state index < -0.39 is 12.0 Å². The van der Waals surface area contributed by atoms with Crippen molar-refractivity contribution in [2.75, 3.05) is 11.9 Å². The number of aromatic amines is 1. The molecule has 3 N–H and O–H groups in total. The number of aryl methyl sites for hydroxylation is 1. The van der Waals surface area contributed by atoms with Gasteiger partial charge in [-0.2, -0.15) is 0 Å². The molecule has 0 unspecified atom stereocenters. The summed E-state index contributed by atoms with van der Waals surface area (Å²) < 4.78 is 5.17. The number of hydrogen-bond acceptors (Lipinski definition) is 5. The maximum Gasteiger partial charge on any atom is 0.302 e. The average molecular weight is 455 g/mol. The highest BCUT2D eigenvalue weighted by Gasteiger charge is 2.19. The molecule has 0 bridgehead atoms. The molecule has 7 nitrogen and oxygen atoms in total. The maximum atomic E-state index is 13.0. The number of nitrogens with one attached hydrogen (secondary N) is 3. The van der Waals surface area contributed by atoms with Gasteiger partial charge in [0.2, 0.25) is 0 Å². The summed E-state index contributed by atoms with van der Waals surface area (Å²) in [5, 5.41) is 6.67. The summed E-state index contributed by atoms with van der Waals surface area (Å²) in [6.07, 6.45) is 3.31. The Labute approximate surface area is 192 Å². The number of hydrogen-bond donors (Lipinski definition) is 3. The van der Waals surface area contributed by atoms with E-state index in [-0.39, 0.29) is 18.6 Å². The van der Waals surface area contributed by atoms with Gasteiger partial charge in [0.25, 0.3) is 5.91 Å². The largest absolute Gasteiger partial charge is 0.463 e. The fraction of sp³-hybridized carbons (Fsp3) is 0.292. The molecule has 1 amide bonds. The Morgan fingerprint density at radius 2 is 2.00 bits per heavy atom. The molecule has 0 aliphatic rings. The summed E-state index contributed by atoms with van der Waals surface area (Å²) >= 11 is 6.35. The van der Waals surface area contributed by atoms with Crippen LogP contribution in [0.1, 0.15) is 48.4 Å². The Hall–Kier alpha value is -3.32. The predicted molar refractivity (Wildman–Crippen MR) is 126 cm³/mol. The van der Waals surface area contributed by atoms with Crippen LogP contribution in [0, 0.1) is 6.92 Å². The third kappa shape index (κ3) is 6.11. The molecule has 168 valence electrons. The standard InChI is InChI=1S/C24H27ClN4O3/c1-14(2)28-23-10-19(20(25)12-27-23)18-9-21(26-11-18)24(31)29-22(13-32-16(4)30)17-7-5-6-15(3)8-17/h5-12,14,22,26H,13H2,1-4H3,(H,27,28)(H,29,31)/t22-/m1/s1. The van der Waals surface area contributed by atoms with E-state index in [0.29, 0.717) is 16.5 Å². The first-order chi connectivity index (χ1) is 15.2.